The maximum absolute atomic E-state index is 11.9. The monoisotopic (exact) mass is 322 g/mol. The molecule has 0 saturated carbocycles. The number of hydrogen-bond acceptors (Lipinski definition) is 5. The van der Waals surface area contributed by atoms with Crippen LogP contribution in [-0.4, -0.2) is 32.5 Å². The molecule has 2 aromatic heterocycles. The Hall–Kier alpha value is -1.60. The molecule has 0 aliphatic carbocycles. The van der Waals surface area contributed by atoms with Crippen molar-refractivity contribution < 1.29 is 4.79 Å². The zero-order valence-electron chi connectivity index (χ0n) is 12.1. The lowest BCUT2D eigenvalue weighted by atomic mass is 10.4. The minimum atomic E-state index is -0.226. The van der Waals surface area contributed by atoms with E-state index in [1.807, 2.05) is 35.9 Å². The Labute approximate surface area is 132 Å². The third-order valence-corrected chi connectivity index (χ3v) is 4.79. The molecule has 2 aromatic rings. The zero-order chi connectivity index (χ0) is 15.2. The quantitative estimate of drug-likeness (QED) is 0.629. The van der Waals surface area contributed by atoms with Crippen LogP contribution in [0, 0.1) is 0 Å². The highest BCUT2D eigenvalue weighted by atomic mass is 32.2. The smallest absolute Gasteiger partial charge is 0.233 e. The van der Waals surface area contributed by atoms with Gasteiger partial charge in [-0.1, -0.05) is 23.9 Å². The highest BCUT2D eigenvalue weighted by Crippen LogP contribution is 2.28. The molecule has 0 aliphatic heterocycles. The molecule has 2 heterocycles. The van der Waals surface area contributed by atoms with E-state index in [0.29, 0.717) is 6.54 Å². The predicted molar refractivity (Wildman–Crippen MR) is 87.5 cm³/mol. The van der Waals surface area contributed by atoms with E-state index in [-0.39, 0.29) is 11.2 Å². The van der Waals surface area contributed by atoms with E-state index in [1.165, 1.54) is 11.8 Å². The van der Waals surface area contributed by atoms with Crippen LogP contribution in [-0.2, 0) is 11.3 Å². The fraction of sp³-hybridized carbons (Fsp3) is 0.357. The van der Waals surface area contributed by atoms with Crippen molar-refractivity contribution >= 4 is 29.0 Å². The molecule has 0 saturated heterocycles. The largest absolute Gasteiger partial charge is 0.352 e. The normalized spacial score (nSPS) is 12.1. The fourth-order valence-electron chi connectivity index (χ4n) is 1.78. The van der Waals surface area contributed by atoms with Gasteiger partial charge >= 0.3 is 0 Å². The summed E-state index contributed by atoms with van der Waals surface area (Å²) in [5, 5.41) is 13.8. The Balaban J connectivity index is 2.14. The van der Waals surface area contributed by atoms with Gasteiger partial charge in [-0.3, -0.25) is 4.79 Å². The minimum Gasteiger partial charge on any atom is -0.352 e. The number of rotatable bonds is 7. The molecule has 7 heteroatoms. The Morgan fingerprint density at radius 2 is 2.43 bits per heavy atom. The third kappa shape index (κ3) is 3.74. The molecule has 0 aliphatic rings. The van der Waals surface area contributed by atoms with E-state index in [9.17, 15) is 4.79 Å². The standard InChI is InChI=1S/C14H18N4OS2/c1-4-8-15-13(19)10(3)21-14-17-16-12(18(14)5-2)11-7-6-9-20-11/h4,6-7,9-10H,1,5,8H2,2-3H3,(H,15,19)/t10-/m0/s1. The Kier molecular flexibility index (Phi) is 5.58. The molecule has 0 fully saturated rings. The number of hydrogen-bond donors (Lipinski definition) is 1. The highest BCUT2D eigenvalue weighted by Gasteiger charge is 2.20. The molecular formula is C14H18N4OS2. The number of nitrogens with one attached hydrogen (secondary N) is 1. The zero-order valence-corrected chi connectivity index (χ0v) is 13.7. The van der Waals surface area contributed by atoms with Crippen LogP contribution in [0.4, 0.5) is 0 Å². The maximum atomic E-state index is 11.9. The van der Waals surface area contributed by atoms with E-state index in [0.717, 1.165) is 22.4 Å². The van der Waals surface area contributed by atoms with Gasteiger partial charge in [0.2, 0.25) is 5.91 Å². The number of aromatic nitrogens is 3. The SMILES string of the molecule is C=CCNC(=O)[C@H](C)Sc1nnc(-c2cccs2)n1CC. The summed E-state index contributed by atoms with van der Waals surface area (Å²) in [5.41, 5.74) is 0. The number of thioether (sulfide) groups is 1. The van der Waals surface area contributed by atoms with Crippen LogP contribution in [0.3, 0.4) is 0 Å². The molecule has 0 radical (unpaired) electrons. The first-order valence-corrected chi connectivity index (χ1v) is 8.45. The van der Waals surface area contributed by atoms with Gasteiger partial charge in [0, 0.05) is 13.1 Å². The van der Waals surface area contributed by atoms with Gasteiger partial charge in [-0.25, -0.2) is 0 Å². The molecule has 21 heavy (non-hydrogen) atoms. The molecule has 0 bridgehead atoms. The number of carbonyl (C=O) groups excluding carboxylic acids is 1. The van der Waals surface area contributed by atoms with Crippen LogP contribution in [0.2, 0.25) is 0 Å². The summed E-state index contributed by atoms with van der Waals surface area (Å²) in [6, 6.07) is 4.02. The summed E-state index contributed by atoms with van der Waals surface area (Å²) in [4.78, 5) is 13.0. The van der Waals surface area contributed by atoms with E-state index in [2.05, 4.69) is 22.1 Å². The molecule has 1 N–H and O–H groups in total. The van der Waals surface area contributed by atoms with Crippen LogP contribution in [0.15, 0.2) is 35.3 Å². The lowest BCUT2D eigenvalue weighted by Crippen LogP contribution is -2.31. The van der Waals surface area contributed by atoms with Crippen LogP contribution >= 0.6 is 23.1 Å². The Bertz CT molecular complexity index is 607. The Morgan fingerprint density at radius 1 is 1.62 bits per heavy atom. The average molecular weight is 322 g/mol. The summed E-state index contributed by atoms with van der Waals surface area (Å²) in [6.45, 7) is 8.74. The van der Waals surface area contributed by atoms with Gasteiger partial charge in [-0.15, -0.1) is 28.1 Å². The second-order valence-corrected chi connectivity index (χ2v) is 6.58. The second-order valence-electron chi connectivity index (χ2n) is 4.32. The van der Waals surface area contributed by atoms with E-state index in [1.54, 1.807) is 17.4 Å². The molecule has 5 nitrogen and oxygen atoms in total. The topological polar surface area (TPSA) is 59.8 Å². The van der Waals surface area contributed by atoms with Crippen molar-refractivity contribution in [3.05, 3.63) is 30.2 Å². The first-order valence-electron chi connectivity index (χ1n) is 6.69. The van der Waals surface area contributed by atoms with Crippen molar-refractivity contribution in [3.63, 3.8) is 0 Å². The van der Waals surface area contributed by atoms with Gasteiger partial charge in [0.05, 0.1) is 10.1 Å². The summed E-state index contributed by atoms with van der Waals surface area (Å²) in [7, 11) is 0. The minimum absolute atomic E-state index is 0.0248. The van der Waals surface area contributed by atoms with Gasteiger partial charge in [0.1, 0.15) is 0 Å². The number of carbonyl (C=O) groups is 1. The van der Waals surface area contributed by atoms with E-state index < -0.39 is 0 Å². The van der Waals surface area contributed by atoms with Crippen molar-refractivity contribution in [2.45, 2.75) is 30.8 Å². The van der Waals surface area contributed by atoms with E-state index >= 15 is 0 Å². The van der Waals surface area contributed by atoms with Crippen molar-refractivity contribution in [2.75, 3.05) is 6.54 Å². The number of amides is 1. The van der Waals surface area contributed by atoms with Gasteiger partial charge in [0.25, 0.3) is 0 Å². The van der Waals surface area contributed by atoms with Crippen LogP contribution in [0.1, 0.15) is 13.8 Å². The molecule has 0 spiro atoms. The molecule has 2 rings (SSSR count). The second kappa shape index (κ2) is 7.42. The van der Waals surface area contributed by atoms with Gasteiger partial charge in [0.15, 0.2) is 11.0 Å². The summed E-state index contributed by atoms with van der Waals surface area (Å²) in [6.07, 6.45) is 1.67. The lowest BCUT2D eigenvalue weighted by molar-refractivity contribution is -0.120. The van der Waals surface area contributed by atoms with Gasteiger partial charge in [-0.05, 0) is 25.3 Å². The van der Waals surface area contributed by atoms with Crippen molar-refractivity contribution in [3.8, 4) is 10.7 Å². The molecule has 112 valence electrons. The fourth-order valence-corrected chi connectivity index (χ4v) is 3.43. The maximum Gasteiger partial charge on any atom is 0.233 e. The molecular weight excluding hydrogens is 304 g/mol. The van der Waals surface area contributed by atoms with Crippen molar-refractivity contribution in [1.29, 1.82) is 0 Å². The molecule has 1 amide bonds. The summed E-state index contributed by atoms with van der Waals surface area (Å²) < 4.78 is 2.04. The van der Waals surface area contributed by atoms with Crippen LogP contribution in [0.25, 0.3) is 10.7 Å². The van der Waals surface area contributed by atoms with Crippen LogP contribution in [0.5, 0.6) is 0 Å². The van der Waals surface area contributed by atoms with E-state index in [4.69, 9.17) is 0 Å². The van der Waals surface area contributed by atoms with Gasteiger partial charge in [-0.2, -0.15) is 0 Å². The summed E-state index contributed by atoms with van der Waals surface area (Å²) >= 11 is 3.05. The average Bonchev–Trinajstić information content (AvgIpc) is 3.13. The number of thiophene rings is 1. The lowest BCUT2D eigenvalue weighted by Gasteiger charge is -2.11. The van der Waals surface area contributed by atoms with Crippen LogP contribution < -0.4 is 5.32 Å². The summed E-state index contributed by atoms with van der Waals surface area (Å²) in [5.74, 6) is 0.830. The molecule has 0 aromatic carbocycles. The van der Waals surface area contributed by atoms with Crippen molar-refractivity contribution in [2.24, 2.45) is 0 Å². The first-order chi connectivity index (χ1) is 10.2. The third-order valence-electron chi connectivity index (χ3n) is 2.85. The van der Waals surface area contributed by atoms with Gasteiger partial charge < -0.3 is 9.88 Å². The first kappa shape index (κ1) is 15.8. The van der Waals surface area contributed by atoms with Crippen molar-refractivity contribution in [1.82, 2.24) is 20.1 Å². The predicted octanol–water partition coefficient (Wildman–Crippen LogP) is 2.81. The molecule has 1 atom stereocenters. The highest BCUT2D eigenvalue weighted by molar-refractivity contribution is 8.00. The molecule has 0 unspecified atom stereocenters. The Morgan fingerprint density at radius 3 is 3.05 bits per heavy atom. The number of nitrogens with zero attached hydrogens (tertiary/aromatic N) is 3.